The minimum atomic E-state index is -3.30. The van der Waals surface area contributed by atoms with Crippen molar-refractivity contribution in [3.8, 4) is 17.1 Å². The van der Waals surface area contributed by atoms with E-state index in [-0.39, 0.29) is 17.2 Å². The Balaban J connectivity index is 1.45. The molecule has 1 N–H and O–H groups in total. The van der Waals surface area contributed by atoms with Crippen molar-refractivity contribution in [1.82, 2.24) is 19.7 Å². The van der Waals surface area contributed by atoms with Crippen LogP contribution in [0.4, 0.5) is 5.69 Å². The Hall–Kier alpha value is -3.89. The van der Waals surface area contributed by atoms with Gasteiger partial charge in [-0.1, -0.05) is 12.1 Å². The number of benzene rings is 2. The van der Waals surface area contributed by atoms with Crippen LogP contribution in [0.3, 0.4) is 0 Å². The summed E-state index contributed by atoms with van der Waals surface area (Å²) in [5, 5.41) is 7.50. The van der Waals surface area contributed by atoms with Gasteiger partial charge < -0.3 is 5.32 Å². The van der Waals surface area contributed by atoms with Crippen molar-refractivity contribution in [3.63, 3.8) is 0 Å². The fraction of sp³-hybridized carbons (Fsp3) is 0.120. The van der Waals surface area contributed by atoms with Crippen molar-refractivity contribution in [2.75, 3.05) is 11.6 Å². The van der Waals surface area contributed by atoms with Gasteiger partial charge in [0.05, 0.1) is 38.4 Å². The lowest BCUT2D eigenvalue weighted by Gasteiger charge is -2.07. The summed E-state index contributed by atoms with van der Waals surface area (Å²) in [4.78, 5) is 21.9. The Morgan fingerprint density at radius 1 is 1.06 bits per heavy atom. The van der Waals surface area contributed by atoms with Gasteiger partial charge in [-0.2, -0.15) is 5.10 Å². The smallest absolute Gasteiger partial charge is 0.230 e. The second-order valence-corrected chi connectivity index (χ2v) is 11.0. The second-order valence-electron chi connectivity index (χ2n) is 8.13. The van der Waals surface area contributed by atoms with Gasteiger partial charge in [0.1, 0.15) is 0 Å². The van der Waals surface area contributed by atoms with E-state index in [1.165, 1.54) is 12.1 Å². The minimum Gasteiger partial charge on any atom is -0.326 e. The van der Waals surface area contributed by atoms with E-state index < -0.39 is 9.84 Å². The van der Waals surface area contributed by atoms with Crippen molar-refractivity contribution in [3.05, 3.63) is 83.6 Å². The van der Waals surface area contributed by atoms with Crippen molar-refractivity contribution in [1.29, 1.82) is 0 Å². The third-order valence-corrected chi connectivity index (χ3v) is 7.31. The number of carbonyl (C=O) groups excluding carboxylic acids is 1. The van der Waals surface area contributed by atoms with Crippen LogP contribution in [-0.2, 0) is 21.1 Å². The fourth-order valence-electron chi connectivity index (χ4n) is 3.71. The molecular weight excluding hydrogens is 482 g/mol. The van der Waals surface area contributed by atoms with Gasteiger partial charge in [-0.25, -0.2) is 23.1 Å². The number of anilines is 1. The summed E-state index contributed by atoms with van der Waals surface area (Å²) in [6, 6.07) is 19.7. The molecule has 5 aromatic rings. The highest BCUT2D eigenvalue weighted by Gasteiger charge is 2.16. The maximum atomic E-state index is 12.8. The molecule has 0 aliphatic heterocycles. The summed E-state index contributed by atoms with van der Waals surface area (Å²) in [5.41, 5.74) is 6.46. The maximum Gasteiger partial charge on any atom is 0.230 e. The lowest BCUT2D eigenvalue weighted by atomic mass is 10.1. The molecule has 1 amide bonds. The van der Waals surface area contributed by atoms with Crippen molar-refractivity contribution >= 4 is 43.0 Å². The molecule has 0 atom stereocenters. The molecule has 3 aromatic heterocycles. The SMILES string of the molecule is Cc1cccc(-n2nc(CC(=O)Nc3ccc(S(C)(=O)=O)cc3)cc2-c2ccc3ncsc3c2)n1. The molecule has 0 unspecified atom stereocenters. The Bertz CT molecular complexity index is 1650. The predicted molar refractivity (Wildman–Crippen MR) is 137 cm³/mol. The van der Waals surface area contributed by atoms with Crippen LogP contribution in [-0.4, -0.2) is 40.3 Å². The summed E-state index contributed by atoms with van der Waals surface area (Å²) in [5.74, 6) is 0.399. The minimum absolute atomic E-state index is 0.0441. The first-order valence-corrected chi connectivity index (χ1v) is 13.5. The highest BCUT2D eigenvalue weighted by molar-refractivity contribution is 7.90. The van der Waals surface area contributed by atoms with Crippen LogP contribution >= 0.6 is 11.3 Å². The molecule has 0 aliphatic rings. The molecule has 0 spiro atoms. The highest BCUT2D eigenvalue weighted by Crippen LogP contribution is 2.28. The zero-order valence-electron chi connectivity index (χ0n) is 19.0. The molecule has 2 aromatic carbocycles. The third kappa shape index (κ3) is 4.98. The third-order valence-electron chi connectivity index (χ3n) is 5.39. The number of amides is 1. The van der Waals surface area contributed by atoms with E-state index in [0.717, 1.165) is 33.4 Å². The van der Waals surface area contributed by atoms with Crippen LogP contribution in [0.5, 0.6) is 0 Å². The largest absolute Gasteiger partial charge is 0.326 e. The number of aromatic nitrogens is 4. The van der Waals surface area contributed by atoms with Gasteiger partial charge in [0, 0.05) is 23.2 Å². The Morgan fingerprint density at radius 2 is 1.86 bits per heavy atom. The molecule has 3 heterocycles. The summed E-state index contributed by atoms with van der Waals surface area (Å²) in [6.45, 7) is 1.92. The van der Waals surface area contributed by atoms with Gasteiger partial charge in [0.2, 0.25) is 5.91 Å². The van der Waals surface area contributed by atoms with Gasteiger partial charge >= 0.3 is 0 Å². The number of hydrogen-bond acceptors (Lipinski definition) is 7. The molecule has 176 valence electrons. The lowest BCUT2D eigenvalue weighted by molar-refractivity contribution is -0.115. The summed E-state index contributed by atoms with van der Waals surface area (Å²) in [7, 11) is -3.30. The van der Waals surface area contributed by atoms with Crippen LogP contribution in [0.1, 0.15) is 11.4 Å². The zero-order chi connectivity index (χ0) is 24.6. The molecule has 0 fully saturated rings. The standard InChI is InChI=1S/C25H21N5O3S2/c1-16-4-3-5-24(27-16)30-22(17-6-11-21-23(12-17)34-15-26-21)13-19(29-30)14-25(31)28-18-7-9-20(10-8-18)35(2,32)33/h3-13,15H,14H2,1-2H3,(H,28,31). The number of fused-ring (bicyclic) bond motifs is 1. The lowest BCUT2D eigenvalue weighted by Crippen LogP contribution is -2.15. The Kier molecular flexibility index (Phi) is 5.91. The summed E-state index contributed by atoms with van der Waals surface area (Å²) in [6.07, 6.45) is 1.19. The molecule has 35 heavy (non-hydrogen) atoms. The molecule has 5 rings (SSSR count). The summed E-state index contributed by atoms with van der Waals surface area (Å²) < 4.78 is 26.1. The molecule has 0 radical (unpaired) electrons. The van der Waals surface area contributed by atoms with Crippen molar-refractivity contribution < 1.29 is 13.2 Å². The van der Waals surface area contributed by atoms with E-state index in [1.807, 2.05) is 48.8 Å². The average molecular weight is 504 g/mol. The fourth-order valence-corrected chi connectivity index (χ4v) is 5.06. The normalized spacial score (nSPS) is 11.6. The van der Waals surface area contributed by atoms with E-state index in [9.17, 15) is 13.2 Å². The summed E-state index contributed by atoms with van der Waals surface area (Å²) >= 11 is 1.56. The highest BCUT2D eigenvalue weighted by atomic mass is 32.2. The second kappa shape index (κ2) is 9.05. The molecule has 10 heteroatoms. The van der Waals surface area contributed by atoms with Crippen LogP contribution in [0, 0.1) is 6.92 Å². The Labute approximate surface area is 206 Å². The van der Waals surface area contributed by atoms with Gasteiger partial charge in [-0.3, -0.25) is 4.79 Å². The number of pyridine rings is 1. The van der Waals surface area contributed by atoms with Crippen LogP contribution < -0.4 is 5.32 Å². The first kappa shape index (κ1) is 22.9. The molecule has 0 saturated carbocycles. The molecule has 0 aliphatic carbocycles. The van der Waals surface area contributed by atoms with Crippen LogP contribution in [0.15, 0.2) is 77.1 Å². The zero-order valence-corrected chi connectivity index (χ0v) is 20.6. The maximum absolute atomic E-state index is 12.8. The number of nitrogens with one attached hydrogen (secondary N) is 1. The number of rotatable bonds is 6. The van der Waals surface area contributed by atoms with Gasteiger partial charge in [-0.05, 0) is 61.5 Å². The molecule has 8 nitrogen and oxygen atoms in total. The number of aryl methyl sites for hydroxylation is 1. The average Bonchev–Trinajstić information content (AvgIpc) is 3.45. The number of hydrogen-bond donors (Lipinski definition) is 1. The van der Waals surface area contributed by atoms with Gasteiger partial charge in [-0.15, -0.1) is 11.3 Å². The first-order valence-electron chi connectivity index (χ1n) is 10.7. The molecule has 0 bridgehead atoms. The Morgan fingerprint density at radius 3 is 2.60 bits per heavy atom. The van der Waals surface area contributed by atoms with Crippen LogP contribution in [0.25, 0.3) is 27.3 Å². The topological polar surface area (TPSA) is 107 Å². The van der Waals surface area contributed by atoms with E-state index >= 15 is 0 Å². The van der Waals surface area contributed by atoms with Gasteiger partial charge in [0.25, 0.3) is 0 Å². The number of carbonyl (C=O) groups is 1. The number of nitrogens with zero attached hydrogens (tertiary/aromatic N) is 4. The van der Waals surface area contributed by atoms with E-state index in [4.69, 9.17) is 5.10 Å². The monoisotopic (exact) mass is 503 g/mol. The number of thiazole rings is 1. The first-order chi connectivity index (χ1) is 16.8. The quantitative estimate of drug-likeness (QED) is 0.367. The molecular formula is C25H21N5O3S2. The number of sulfone groups is 1. The molecule has 0 saturated heterocycles. The van der Waals surface area contributed by atoms with E-state index in [0.29, 0.717) is 17.2 Å². The van der Waals surface area contributed by atoms with Crippen molar-refractivity contribution in [2.24, 2.45) is 0 Å². The van der Waals surface area contributed by atoms with Crippen LogP contribution in [0.2, 0.25) is 0 Å². The van der Waals surface area contributed by atoms with E-state index in [2.05, 4.69) is 21.4 Å². The van der Waals surface area contributed by atoms with E-state index in [1.54, 1.807) is 28.2 Å². The van der Waals surface area contributed by atoms with Crippen molar-refractivity contribution in [2.45, 2.75) is 18.2 Å². The predicted octanol–water partition coefficient (Wildman–Crippen LogP) is 4.44. The van der Waals surface area contributed by atoms with Gasteiger partial charge in [0.15, 0.2) is 15.7 Å².